The minimum absolute atomic E-state index is 0.178. The van der Waals surface area contributed by atoms with E-state index in [0.29, 0.717) is 12.3 Å². The van der Waals surface area contributed by atoms with E-state index in [1.807, 2.05) is 25.7 Å². The summed E-state index contributed by atoms with van der Waals surface area (Å²) in [5.41, 5.74) is -0.339. The second kappa shape index (κ2) is 5.52. The van der Waals surface area contributed by atoms with Gasteiger partial charge in [0.15, 0.2) is 0 Å². The first-order valence-electron chi connectivity index (χ1n) is 6.32. The second-order valence-corrected chi connectivity index (χ2v) is 5.94. The first-order valence-corrected chi connectivity index (χ1v) is 6.32. The smallest absolute Gasteiger partial charge is 0.303 e. The molecule has 1 atom stereocenters. The van der Waals surface area contributed by atoms with Crippen LogP contribution in [0.15, 0.2) is 0 Å². The van der Waals surface area contributed by atoms with Gasteiger partial charge in [-0.1, -0.05) is 20.8 Å². The van der Waals surface area contributed by atoms with Gasteiger partial charge in [-0.3, -0.25) is 9.59 Å². The largest absolute Gasteiger partial charge is 0.481 e. The van der Waals surface area contributed by atoms with Crippen molar-refractivity contribution in [2.24, 2.45) is 11.3 Å². The summed E-state index contributed by atoms with van der Waals surface area (Å²) in [6.07, 6.45) is 2.93. The topological polar surface area (TPSA) is 57.6 Å². The van der Waals surface area contributed by atoms with E-state index >= 15 is 0 Å². The fourth-order valence-corrected chi connectivity index (χ4v) is 2.29. The quantitative estimate of drug-likeness (QED) is 0.823. The molecule has 4 nitrogen and oxygen atoms in total. The number of carboxylic acids is 1. The van der Waals surface area contributed by atoms with E-state index in [4.69, 9.17) is 5.11 Å². The van der Waals surface area contributed by atoms with Crippen LogP contribution in [0.2, 0.25) is 0 Å². The zero-order valence-corrected chi connectivity index (χ0v) is 11.0. The van der Waals surface area contributed by atoms with Crippen molar-refractivity contribution in [1.29, 1.82) is 0 Å². The van der Waals surface area contributed by atoms with Gasteiger partial charge in [0, 0.05) is 24.9 Å². The average Bonchev–Trinajstić information content (AvgIpc) is 2.24. The number of amides is 1. The van der Waals surface area contributed by atoms with Crippen molar-refractivity contribution >= 4 is 11.9 Å². The molecule has 0 radical (unpaired) electrons. The van der Waals surface area contributed by atoms with E-state index in [2.05, 4.69) is 0 Å². The summed E-state index contributed by atoms with van der Waals surface area (Å²) < 4.78 is 0. The number of carboxylic acid groups (broad SMARTS) is 1. The number of likely N-dealkylation sites (tertiary alicyclic amines) is 1. The van der Waals surface area contributed by atoms with Gasteiger partial charge in [-0.15, -0.1) is 0 Å². The highest BCUT2D eigenvalue weighted by molar-refractivity contribution is 5.81. The lowest BCUT2D eigenvalue weighted by Gasteiger charge is -2.36. The summed E-state index contributed by atoms with van der Waals surface area (Å²) in [6.45, 7) is 7.33. The van der Waals surface area contributed by atoms with Gasteiger partial charge < -0.3 is 10.0 Å². The Balaban J connectivity index is 2.49. The first-order chi connectivity index (χ1) is 7.80. The highest BCUT2D eigenvalue weighted by Gasteiger charge is 2.30. The maximum Gasteiger partial charge on any atom is 0.303 e. The van der Waals surface area contributed by atoms with Gasteiger partial charge in [0.1, 0.15) is 0 Å². The highest BCUT2D eigenvalue weighted by atomic mass is 16.4. The van der Waals surface area contributed by atoms with Gasteiger partial charge in [-0.05, 0) is 25.2 Å². The number of hydrogen-bond acceptors (Lipinski definition) is 2. The number of rotatable bonds is 3. The molecule has 4 heteroatoms. The van der Waals surface area contributed by atoms with Gasteiger partial charge in [0.25, 0.3) is 0 Å². The van der Waals surface area contributed by atoms with Crippen LogP contribution in [0.1, 0.15) is 46.5 Å². The van der Waals surface area contributed by atoms with Gasteiger partial charge in [-0.25, -0.2) is 0 Å². The van der Waals surface area contributed by atoms with E-state index in [0.717, 1.165) is 25.9 Å². The monoisotopic (exact) mass is 241 g/mol. The molecule has 0 aromatic rings. The van der Waals surface area contributed by atoms with Gasteiger partial charge >= 0.3 is 5.97 Å². The lowest BCUT2D eigenvalue weighted by Crippen LogP contribution is -2.45. The summed E-state index contributed by atoms with van der Waals surface area (Å²) in [6, 6.07) is 0. The molecule has 0 spiro atoms. The van der Waals surface area contributed by atoms with Crippen LogP contribution in [0.5, 0.6) is 0 Å². The van der Waals surface area contributed by atoms with Gasteiger partial charge in [0.2, 0.25) is 5.91 Å². The van der Waals surface area contributed by atoms with Crippen molar-refractivity contribution in [3.05, 3.63) is 0 Å². The lowest BCUT2D eigenvalue weighted by atomic mass is 9.89. The molecule has 1 saturated heterocycles. The number of carbonyl (C=O) groups excluding carboxylic acids is 1. The Kier molecular flexibility index (Phi) is 4.54. The molecule has 1 rings (SSSR count). The molecular weight excluding hydrogens is 218 g/mol. The molecule has 0 saturated carbocycles. The Morgan fingerprint density at radius 1 is 1.35 bits per heavy atom. The highest BCUT2D eigenvalue weighted by Crippen LogP contribution is 2.25. The molecule has 98 valence electrons. The van der Waals surface area contributed by atoms with Crippen LogP contribution in [0, 0.1) is 11.3 Å². The standard InChI is InChI=1S/C13H23NO3/c1-13(2,3)12(17)14-8-4-5-10(9-14)6-7-11(15)16/h10H,4-9H2,1-3H3,(H,15,16). The number of hydrogen-bond donors (Lipinski definition) is 1. The number of carbonyl (C=O) groups is 2. The lowest BCUT2D eigenvalue weighted by molar-refractivity contribution is -0.141. The summed E-state index contributed by atoms with van der Waals surface area (Å²) in [5, 5.41) is 8.67. The van der Waals surface area contributed by atoms with E-state index < -0.39 is 5.97 Å². The molecule has 1 fully saturated rings. The first kappa shape index (κ1) is 14.0. The number of piperidine rings is 1. The third kappa shape index (κ3) is 4.36. The maximum absolute atomic E-state index is 12.1. The average molecular weight is 241 g/mol. The van der Waals surface area contributed by atoms with Gasteiger partial charge in [-0.2, -0.15) is 0 Å². The fourth-order valence-electron chi connectivity index (χ4n) is 2.29. The molecule has 0 aliphatic carbocycles. The Bertz CT molecular complexity index is 294. The van der Waals surface area contributed by atoms with Crippen LogP contribution in [0.25, 0.3) is 0 Å². The molecule has 1 aliphatic rings. The molecule has 1 aliphatic heterocycles. The van der Waals surface area contributed by atoms with Crippen LogP contribution in [-0.4, -0.2) is 35.0 Å². The number of nitrogens with zero attached hydrogens (tertiary/aromatic N) is 1. The molecule has 1 N–H and O–H groups in total. The summed E-state index contributed by atoms with van der Waals surface area (Å²) >= 11 is 0. The van der Waals surface area contributed by atoms with Crippen LogP contribution in [0.4, 0.5) is 0 Å². The molecule has 1 heterocycles. The van der Waals surface area contributed by atoms with Crippen molar-refractivity contribution in [1.82, 2.24) is 4.90 Å². The third-order valence-corrected chi connectivity index (χ3v) is 3.21. The van der Waals surface area contributed by atoms with Crippen LogP contribution < -0.4 is 0 Å². The molecule has 1 unspecified atom stereocenters. The van der Waals surface area contributed by atoms with E-state index in [9.17, 15) is 9.59 Å². The SMILES string of the molecule is CC(C)(C)C(=O)N1CCCC(CCC(=O)O)C1. The van der Waals surface area contributed by atoms with Crippen molar-refractivity contribution in [2.45, 2.75) is 46.5 Å². The summed E-state index contributed by atoms with van der Waals surface area (Å²) in [7, 11) is 0. The third-order valence-electron chi connectivity index (χ3n) is 3.21. The van der Waals surface area contributed by atoms with Crippen LogP contribution >= 0.6 is 0 Å². The zero-order chi connectivity index (χ0) is 13.1. The minimum Gasteiger partial charge on any atom is -0.481 e. The Hall–Kier alpha value is -1.06. The Morgan fingerprint density at radius 3 is 2.53 bits per heavy atom. The number of aliphatic carboxylic acids is 1. The fraction of sp³-hybridized carbons (Fsp3) is 0.846. The molecule has 0 aromatic heterocycles. The van der Waals surface area contributed by atoms with E-state index in [1.54, 1.807) is 0 Å². The van der Waals surface area contributed by atoms with Crippen molar-refractivity contribution < 1.29 is 14.7 Å². The molecule has 0 aromatic carbocycles. The predicted molar refractivity (Wildman–Crippen MR) is 65.6 cm³/mol. The normalized spacial score (nSPS) is 21.4. The van der Waals surface area contributed by atoms with Crippen molar-refractivity contribution in [3.63, 3.8) is 0 Å². The molecule has 17 heavy (non-hydrogen) atoms. The van der Waals surface area contributed by atoms with Crippen LogP contribution in [0.3, 0.4) is 0 Å². The van der Waals surface area contributed by atoms with Gasteiger partial charge in [0.05, 0.1) is 0 Å². The minimum atomic E-state index is -0.746. The van der Waals surface area contributed by atoms with Crippen molar-refractivity contribution in [3.8, 4) is 0 Å². The van der Waals surface area contributed by atoms with Crippen LogP contribution in [-0.2, 0) is 9.59 Å². The van der Waals surface area contributed by atoms with E-state index in [-0.39, 0.29) is 17.7 Å². The molecule has 1 amide bonds. The maximum atomic E-state index is 12.1. The molecule has 0 bridgehead atoms. The zero-order valence-electron chi connectivity index (χ0n) is 11.0. The van der Waals surface area contributed by atoms with Crippen molar-refractivity contribution in [2.75, 3.05) is 13.1 Å². The second-order valence-electron chi connectivity index (χ2n) is 5.94. The molecular formula is C13H23NO3. The summed E-state index contributed by atoms with van der Waals surface area (Å²) in [5.74, 6) is -0.215. The Labute approximate surface area is 103 Å². The summed E-state index contributed by atoms with van der Waals surface area (Å²) in [4.78, 5) is 24.5. The van der Waals surface area contributed by atoms with E-state index in [1.165, 1.54) is 0 Å². The Morgan fingerprint density at radius 2 is 2.00 bits per heavy atom. The predicted octanol–water partition coefficient (Wildman–Crippen LogP) is 2.14.